The number of hydrogen-bond donors (Lipinski definition) is 2. The average Bonchev–Trinajstić information content (AvgIpc) is 3.48. The van der Waals surface area contributed by atoms with Crippen LogP contribution in [0.2, 0.25) is 0 Å². The van der Waals surface area contributed by atoms with Crippen LogP contribution in [-0.2, 0) is 4.79 Å². The van der Waals surface area contributed by atoms with Gasteiger partial charge in [0.25, 0.3) is 5.91 Å². The van der Waals surface area contributed by atoms with Crippen LogP contribution in [0.5, 0.6) is 0 Å². The maximum absolute atomic E-state index is 12.9. The number of nitrogens with one attached hydrogen (secondary N) is 1. The first kappa shape index (κ1) is 19.6. The first-order chi connectivity index (χ1) is 14.0. The molecule has 1 aromatic heterocycles. The zero-order valence-corrected chi connectivity index (χ0v) is 16.7. The summed E-state index contributed by atoms with van der Waals surface area (Å²) in [7, 11) is 0. The summed E-state index contributed by atoms with van der Waals surface area (Å²) >= 11 is 0. The third-order valence-electron chi connectivity index (χ3n) is 5.90. The number of hydrogen-bond acceptors (Lipinski definition) is 5. The van der Waals surface area contributed by atoms with Gasteiger partial charge in [0.1, 0.15) is 5.76 Å². The Labute approximate surface area is 170 Å². The van der Waals surface area contributed by atoms with Gasteiger partial charge in [0, 0.05) is 25.1 Å². The van der Waals surface area contributed by atoms with Crippen molar-refractivity contribution >= 4 is 11.8 Å². The lowest BCUT2D eigenvalue weighted by atomic mass is 9.85. The fourth-order valence-corrected chi connectivity index (χ4v) is 4.05. The molecule has 4 rings (SSSR count). The van der Waals surface area contributed by atoms with E-state index < -0.39 is 6.04 Å². The minimum atomic E-state index is -0.482. The number of amides is 2. The van der Waals surface area contributed by atoms with Gasteiger partial charge in [-0.2, -0.15) is 0 Å². The number of rotatable bonds is 6. The summed E-state index contributed by atoms with van der Waals surface area (Å²) in [6, 6.07) is 11.1. The van der Waals surface area contributed by atoms with Crippen molar-refractivity contribution in [1.82, 2.24) is 15.4 Å². The number of likely N-dealkylation sites (tertiary alicyclic amines) is 1. The molecule has 2 atom stereocenters. The number of benzene rings is 1. The molecule has 2 aromatic rings. The van der Waals surface area contributed by atoms with Crippen LogP contribution in [0.1, 0.15) is 66.4 Å². The Kier molecular flexibility index (Phi) is 5.67. The summed E-state index contributed by atoms with van der Waals surface area (Å²) in [4.78, 5) is 26.9. The van der Waals surface area contributed by atoms with E-state index in [0.29, 0.717) is 24.7 Å². The van der Waals surface area contributed by atoms with Gasteiger partial charge in [-0.3, -0.25) is 9.59 Å². The minimum Gasteiger partial charge on any atom is -0.360 e. The van der Waals surface area contributed by atoms with Crippen molar-refractivity contribution in [2.45, 2.75) is 50.6 Å². The normalized spacial score (nSPS) is 19.6. The van der Waals surface area contributed by atoms with E-state index in [4.69, 9.17) is 10.3 Å². The van der Waals surface area contributed by atoms with Crippen molar-refractivity contribution in [3.05, 3.63) is 53.4 Å². The molecule has 2 unspecified atom stereocenters. The first-order valence-electron chi connectivity index (χ1n) is 10.4. The van der Waals surface area contributed by atoms with E-state index in [2.05, 4.69) is 10.5 Å². The van der Waals surface area contributed by atoms with Crippen LogP contribution in [0.25, 0.3) is 0 Å². The Balaban J connectivity index is 1.47. The second-order valence-corrected chi connectivity index (χ2v) is 8.20. The maximum Gasteiger partial charge on any atom is 0.273 e. The van der Waals surface area contributed by atoms with Crippen LogP contribution in [-0.4, -0.2) is 41.0 Å². The number of carbonyl (C=O) groups excluding carboxylic acids is 2. The zero-order valence-electron chi connectivity index (χ0n) is 16.7. The largest absolute Gasteiger partial charge is 0.360 e. The van der Waals surface area contributed by atoms with Gasteiger partial charge in [0.2, 0.25) is 5.91 Å². The van der Waals surface area contributed by atoms with Gasteiger partial charge in [0.05, 0.1) is 12.1 Å². The fraction of sp³-hybridized carbons (Fsp3) is 0.500. The zero-order chi connectivity index (χ0) is 20.4. The van der Waals surface area contributed by atoms with Gasteiger partial charge in [-0.15, -0.1) is 0 Å². The highest BCUT2D eigenvalue weighted by atomic mass is 16.5. The van der Waals surface area contributed by atoms with Crippen molar-refractivity contribution in [1.29, 1.82) is 0 Å². The molecule has 1 aliphatic carbocycles. The quantitative estimate of drug-likeness (QED) is 0.782. The number of carbonyl (C=O) groups is 2. The van der Waals surface area contributed by atoms with Gasteiger partial charge in [0.15, 0.2) is 5.69 Å². The lowest BCUT2D eigenvalue weighted by molar-refractivity contribution is -0.133. The van der Waals surface area contributed by atoms with E-state index in [0.717, 1.165) is 37.0 Å². The van der Waals surface area contributed by atoms with Crippen LogP contribution in [0.15, 0.2) is 40.9 Å². The van der Waals surface area contributed by atoms with Gasteiger partial charge < -0.3 is 20.5 Å². The summed E-state index contributed by atoms with van der Waals surface area (Å²) in [6.45, 7) is 3.02. The molecule has 1 aromatic carbocycles. The minimum absolute atomic E-state index is 0.0149. The highest BCUT2D eigenvalue weighted by Crippen LogP contribution is 2.40. The van der Waals surface area contributed by atoms with Crippen LogP contribution in [0.3, 0.4) is 0 Å². The standard InChI is InChI=1S/C22H28N4O3/c1-14(23)22(28)26-11-9-17(10-12-26)20(16-5-3-2-4-6-16)24-21(27)18-13-19(29-25-18)15-7-8-15/h2-6,13-15,17,20H,7-12,23H2,1H3,(H,24,27). The molecule has 29 heavy (non-hydrogen) atoms. The molecule has 2 aliphatic rings. The van der Waals surface area contributed by atoms with Crippen LogP contribution < -0.4 is 11.1 Å². The van der Waals surface area contributed by atoms with E-state index in [-0.39, 0.29) is 23.8 Å². The molecule has 2 fully saturated rings. The molecule has 7 nitrogen and oxygen atoms in total. The molecule has 3 N–H and O–H groups in total. The second-order valence-electron chi connectivity index (χ2n) is 8.20. The number of nitrogens with zero attached hydrogens (tertiary/aromatic N) is 2. The fourth-order valence-electron chi connectivity index (χ4n) is 4.05. The maximum atomic E-state index is 12.9. The van der Waals surface area contributed by atoms with Crippen LogP contribution in [0.4, 0.5) is 0 Å². The Hall–Kier alpha value is -2.67. The molecule has 1 aliphatic heterocycles. The lowest BCUT2D eigenvalue weighted by Crippen LogP contribution is -2.47. The van der Waals surface area contributed by atoms with Crippen LogP contribution >= 0.6 is 0 Å². The molecule has 7 heteroatoms. The van der Waals surface area contributed by atoms with Gasteiger partial charge in [-0.1, -0.05) is 35.5 Å². The Morgan fingerprint density at radius 2 is 1.86 bits per heavy atom. The Morgan fingerprint density at radius 1 is 1.17 bits per heavy atom. The smallest absolute Gasteiger partial charge is 0.273 e. The molecule has 0 radical (unpaired) electrons. The molecule has 2 heterocycles. The molecule has 0 spiro atoms. The summed E-state index contributed by atoms with van der Waals surface area (Å²) in [5, 5.41) is 7.14. The number of piperidine rings is 1. The van der Waals surface area contributed by atoms with Crippen molar-refractivity contribution in [2.75, 3.05) is 13.1 Å². The Bertz CT molecular complexity index is 852. The molecule has 2 amide bonds. The molecule has 0 bridgehead atoms. The van der Waals surface area contributed by atoms with Gasteiger partial charge in [-0.05, 0) is 44.1 Å². The Morgan fingerprint density at radius 3 is 2.48 bits per heavy atom. The average molecular weight is 396 g/mol. The van der Waals surface area contributed by atoms with Crippen molar-refractivity contribution in [2.24, 2.45) is 11.7 Å². The first-order valence-corrected chi connectivity index (χ1v) is 10.4. The van der Waals surface area contributed by atoms with Crippen molar-refractivity contribution in [3.63, 3.8) is 0 Å². The van der Waals surface area contributed by atoms with E-state index in [1.54, 1.807) is 13.0 Å². The molecule has 1 saturated carbocycles. The molecular weight excluding hydrogens is 368 g/mol. The molecule has 1 saturated heterocycles. The second kappa shape index (κ2) is 8.37. The third kappa shape index (κ3) is 4.50. The number of nitrogens with two attached hydrogens (primary N) is 1. The topological polar surface area (TPSA) is 101 Å². The number of aromatic nitrogens is 1. The van der Waals surface area contributed by atoms with Gasteiger partial charge in [-0.25, -0.2) is 0 Å². The summed E-state index contributed by atoms with van der Waals surface area (Å²) in [5.41, 5.74) is 7.14. The molecular formula is C22H28N4O3. The summed E-state index contributed by atoms with van der Waals surface area (Å²) < 4.78 is 5.34. The van der Waals surface area contributed by atoms with Crippen molar-refractivity contribution < 1.29 is 14.1 Å². The monoisotopic (exact) mass is 396 g/mol. The van der Waals surface area contributed by atoms with E-state index in [1.807, 2.05) is 35.2 Å². The predicted molar refractivity (Wildman–Crippen MR) is 108 cm³/mol. The highest BCUT2D eigenvalue weighted by molar-refractivity contribution is 5.92. The van der Waals surface area contributed by atoms with Crippen molar-refractivity contribution in [3.8, 4) is 0 Å². The van der Waals surface area contributed by atoms with E-state index >= 15 is 0 Å². The van der Waals surface area contributed by atoms with E-state index in [9.17, 15) is 9.59 Å². The SMILES string of the molecule is CC(N)C(=O)N1CCC(C(NC(=O)c2cc(C3CC3)on2)c2ccccc2)CC1. The van der Waals surface area contributed by atoms with E-state index in [1.165, 1.54) is 0 Å². The third-order valence-corrected chi connectivity index (χ3v) is 5.90. The predicted octanol–water partition coefficient (Wildman–Crippen LogP) is 2.61. The molecule has 154 valence electrons. The highest BCUT2D eigenvalue weighted by Gasteiger charge is 2.33. The van der Waals surface area contributed by atoms with Crippen LogP contribution in [0, 0.1) is 5.92 Å². The summed E-state index contributed by atoms with van der Waals surface area (Å²) in [5.74, 6) is 1.21. The lowest BCUT2D eigenvalue weighted by Gasteiger charge is -2.37. The summed E-state index contributed by atoms with van der Waals surface area (Å²) in [6.07, 6.45) is 3.82. The van der Waals surface area contributed by atoms with Gasteiger partial charge >= 0.3 is 0 Å².